The minimum Gasteiger partial charge on any atom is -0.481 e. The molecule has 0 spiro atoms. The Morgan fingerprint density at radius 1 is 1.00 bits per heavy atom. The fourth-order valence-electron chi connectivity index (χ4n) is 4.28. The summed E-state index contributed by atoms with van der Waals surface area (Å²) in [7, 11) is 0. The van der Waals surface area contributed by atoms with Crippen molar-refractivity contribution in [1.82, 2.24) is 0 Å². The second-order valence-corrected chi connectivity index (χ2v) is 7.81. The van der Waals surface area contributed by atoms with Crippen LogP contribution in [0.4, 0.5) is 0 Å². The fourth-order valence-corrected chi connectivity index (χ4v) is 4.28. The van der Waals surface area contributed by atoms with Crippen LogP contribution in [0.2, 0.25) is 0 Å². The summed E-state index contributed by atoms with van der Waals surface area (Å²) in [4.78, 5) is 11.6. The molecule has 1 aliphatic rings. The smallest absolute Gasteiger partial charge is 0.309 e. The van der Waals surface area contributed by atoms with Crippen molar-refractivity contribution < 1.29 is 19.7 Å². The first-order valence-electron chi connectivity index (χ1n) is 8.97. The predicted molar refractivity (Wildman–Crippen MR) is 99.8 cm³/mol. The molecule has 1 heterocycles. The molecule has 0 aliphatic carbocycles. The number of ether oxygens (including phenoxy) is 1. The minimum atomic E-state index is -1.39. The molecule has 138 valence electrons. The van der Waals surface area contributed by atoms with Gasteiger partial charge in [0, 0.05) is 0 Å². The number of rotatable bonds is 4. The number of aliphatic hydroxyl groups is 1. The van der Waals surface area contributed by atoms with Crippen molar-refractivity contribution in [2.75, 3.05) is 0 Å². The fraction of sp³-hybridized carbons (Fsp3) is 0.409. The van der Waals surface area contributed by atoms with Crippen molar-refractivity contribution in [1.29, 1.82) is 0 Å². The SMILES string of the molecule is CC1(C)O[C@](C)(C(O)(c2ccccc2)c2ccccc2)CC[C@H]1C(=O)O. The first kappa shape index (κ1) is 18.6. The summed E-state index contributed by atoms with van der Waals surface area (Å²) in [5.74, 6) is -1.47. The highest BCUT2D eigenvalue weighted by atomic mass is 16.5. The lowest BCUT2D eigenvalue weighted by atomic mass is 9.67. The van der Waals surface area contributed by atoms with E-state index in [0.29, 0.717) is 12.8 Å². The maximum Gasteiger partial charge on any atom is 0.309 e. The molecule has 1 fully saturated rings. The molecule has 0 unspecified atom stereocenters. The highest BCUT2D eigenvalue weighted by Gasteiger charge is 2.57. The maximum absolute atomic E-state index is 12.0. The topological polar surface area (TPSA) is 66.8 Å². The molecule has 2 atom stereocenters. The number of carboxylic acids is 1. The molecule has 2 aromatic rings. The van der Waals surface area contributed by atoms with Crippen LogP contribution in [-0.2, 0) is 15.1 Å². The van der Waals surface area contributed by atoms with Crippen molar-refractivity contribution in [3.63, 3.8) is 0 Å². The highest BCUT2D eigenvalue weighted by Crippen LogP contribution is 2.51. The number of hydrogen-bond acceptors (Lipinski definition) is 3. The van der Waals surface area contributed by atoms with Crippen LogP contribution >= 0.6 is 0 Å². The van der Waals surface area contributed by atoms with Gasteiger partial charge in [0.25, 0.3) is 0 Å². The molecule has 0 aromatic heterocycles. The van der Waals surface area contributed by atoms with Gasteiger partial charge in [-0.3, -0.25) is 4.79 Å². The lowest BCUT2D eigenvalue weighted by Gasteiger charge is -2.54. The van der Waals surface area contributed by atoms with Crippen molar-refractivity contribution in [3.05, 3.63) is 71.8 Å². The van der Waals surface area contributed by atoms with Gasteiger partial charge in [-0.2, -0.15) is 0 Å². The molecule has 0 bridgehead atoms. The average Bonchev–Trinajstić information content (AvgIpc) is 2.61. The average molecular weight is 354 g/mol. The maximum atomic E-state index is 12.0. The van der Waals surface area contributed by atoms with E-state index in [1.165, 1.54) is 0 Å². The summed E-state index contributed by atoms with van der Waals surface area (Å²) in [6, 6.07) is 18.9. The summed E-state index contributed by atoms with van der Waals surface area (Å²) < 4.78 is 6.38. The van der Waals surface area contributed by atoms with E-state index in [9.17, 15) is 15.0 Å². The van der Waals surface area contributed by atoms with Crippen LogP contribution in [0.5, 0.6) is 0 Å². The summed E-state index contributed by atoms with van der Waals surface area (Å²) in [5.41, 5.74) is -1.78. The van der Waals surface area contributed by atoms with Crippen molar-refractivity contribution in [2.45, 2.75) is 50.4 Å². The lowest BCUT2D eigenvalue weighted by Crippen LogP contribution is -2.61. The predicted octanol–water partition coefficient (Wildman–Crippen LogP) is 3.97. The second kappa shape index (κ2) is 6.53. The van der Waals surface area contributed by atoms with Crippen LogP contribution in [0, 0.1) is 5.92 Å². The molecule has 1 saturated heterocycles. The molecule has 0 amide bonds. The molecular weight excluding hydrogens is 328 g/mol. The van der Waals surface area contributed by atoms with Gasteiger partial charge in [0.05, 0.1) is 11.5 Å². The Morgan fingerprint density at radius 3 is 1.85 bits per heavy atom. The lowest BCUT2D eigenvalue weighted by molar-refractivity contribution is -0.257. The molecule has 2 aromatic carbocycles. The molecule has 26 heavy (non-hydrogen) atoms. The van der Waals surface area contributed by atoms with Gasteiger partial charge in [-0.1, -0.05) is 60.7 Å². The van der Waals surface area contributed by atoms with Gasteiger partial charge >= 0.3 is 5.97 Å². The van der Waals surface area contributed by atoms with E-state index in [1.54, 1.807) is 13.8 Å². The zero-order valence-corrected chi connectivity index (χ0v) is 15.5. The zero-order chi connectivity index (χ0) is 19.0. The Labute approximate surface area is 154 Å². The van der Waals surface area contributed by atoms with E-state index in [0.717, 1.165) is 11.1 Å². The van der Waals surface area contributed by atoms with Gasteiger partial charge in [-0.15, -0.1) is 0 Å². The molecule has 4 heteroatoms. The largest absolute Gasteiger partial charge is 0.481 e. The Balaban J connectivity index is 2.13. The van der Waals surface area contributed by atoms with Gasteiger partial charge in [0.15, 0.2) is 0 Å². The van der Waals surface area contributed by atoms with Crippen LogP contribution in [-0.4, -0.2) is 27.4 Å². The Morgan fingerprint density at radius 2 is 1.46 bits per heavy atom. The second-order valence-electron chi connectivity index (χ2n) is 7.81. The van der Waals surface area contributed by atoms with Gasteiger partial charge in [-0.25, -0.2) is 0 Å². The zero-order valence-electron chi connectivity index (χ0n) is 15.5. The van der Waals surface area contributed by atoms with Crippen LogP contribution in [0.25, 0.3) is 0 Å². The van der Waals surface area contributed by atoms with Crippen LogP contribution < -0.4 is 0 Å². The Hall–Kier alpha value is -2.17. The van der Waals surface area contributed by atoms with Gasteiger partial charge < -0.3 is 14.9 Å². The normalized spacial score (nSPS) is 25.6. The standard InChI is InChI=1S/C22H26O4/c1-20(2)18(19(23)24)14-15-21(3,26-20)22(25,16-10-6-4-7-11-16)17-12-8-5-9-13-17/h4-13,18,25H,14-15H2,1-3H3,(H,23,24)/t18-,21-/m0/s1. The van der Waals surface area contributed by atoms with Crippen molar-refractivity contribution in [2.24, 2.45) is 5.92 Å². The molecule has 0 saturated carbocycles. The summed E-state index contributed by atoms with van der Waals surface area (Å²) in [6.07, 6.45) is 0.883. The first-order chi connectivity index (χ1) is 12.2. The number of hydrogen-bond donors (Lipinski definition) is 2. The van der Waals surface area contributed by atoms with Crippen molar-refractivity contribution >= 4 is 5.97 Å². The number of carboxylic acid groups (broad SMARTS) is 1. The number of aliphatic carboxylic acids is 1. The molecule has 4 nitrogen and oxygen atoms in total. The van der Waals surface area contributed by atoms with E-state index >= 15 is 0 Å². The molecular formula is C22H26O4. The van der Waals surface area contributed by atoms with Gasteiger partial charge in [-0.05, 0) is 44.7 Å². The Bertz CT molecular complexity index is 730. The molecule has 0 radical (unpaired) electrons. The van der Waals surface area contributed by atoms with Crippen molar-refractivity contribution in [3.8, 4) is 0 Å². The van der Waals surface area contributed by atoms with E-state index in [4.69, 9.17) is 4.74 Å². The third kappa shape index (κ3) is 2.93. The molecule has 1 aliphatic heterocycles. The molecule has 2 N–H and O–H groups in total. The van der Waals surface area contributed by atoms with E-state index < -0.39 is 28.7 Å². The Kier molecular flexibility index (Phi) is 4.67. The molecule has 3 rings (SSSR count). The van der Waals surface area contributed by atoms with Gasteiger partial charge in [0.2, 0.25) is 0 Å². The number of benzene rings is 2. The third-order valence-corrected chi connectivity index (χ3v) is 5.68. The highest BCUT2D eigenvalue weighted by molar-refractivity contribution is 5.71. The minimum absolute atomic E-state index is 0.438. The van der Waals surface area contributed by atoms with Crippen LogP contribution in [0.15, 0.2) is 60.7 Å². The number of carbonyl (C=O) groups is 1. The monoisotopic (exact) mass is 354 g/mol. The third-order valence-electron chi connectivity index (χ3n) is 5.68. The first-order valence-corrected chi connectivity index (χ1v) is 8.97. The van der Waals surface area contributed by atoms with Crippen LogP contribution in [0.3, 0.4) is 0 Å². The van der Waals surface area contributed by atoms with Crippen LogP contribution in [0.1, 0.15) is 44.7 Å². The summed E-state index contributed by atoms with van der Waals surface area (Å²) >= 11 is 0. The van der Waals surface area contributed by atoms with E-state index in [1.807, 2.05) is 67.6 Å². The quantitative estimate of drug-likeness (QED) is 0.872. The van der Waals surface area contributed by atoms with Gasteiger partial charge in [0.1, 0.15) is 11.2 Å². The van der Waals surface area contributed by atoms with E-state index in [-0.39, 0.29) is 0 Å². The summed E-state index contributed by atoms with van der Waals surface area (Å²) in [6.45, 7) is 5.46. The van der Waals surface area contributed by atoms with E-state index in [2.05, 4.69) is 0 Å². The summed E-state index contributed by atoms with van der Waals surface area (Å²) in [5, 5.41) is 21.6.